The van der Waals surface area contributed by atoms with Crippen molar-refractivity contribution in [2.24, 2.45) is 0 Å². The average molecular weight is 958 g/mol. The predicted octanol–water partition coefficient (Wildman–Crippen LogP) is -0.0559. The monoisotopic (exact) mass is 957 g/mol. The summed E-state index contributed by atoms with van der Waals surface area (Å²) in [5.74, 6) is -1.57. The number of benzene rings is 1. The van der Waals surface area contributed by atoms with Crippen LogP contribution < -0.4 is 32.3 Å². The molecular weight excluding hydrogens is 920 g/mol. The number of nitriles is 1. The van der Waals surface area contributed by atoms with Gasteiger partial charge in [0.15, 0.2) is 29.5 Å². The van der Waals surface area contributed by atoms with Crippen molar-refractivity contribution >= 4 is 61.7 Å². The second-order valence-corrected chi connectivity index (χ2v) is 17.8. The van der Waals surface area contributed by atoms with Crippen molar-refractivity contribution in [2.45, 2.75) is 68.8 Å². The Morgan fingerprint density at radius 3 is 2.54 bits per heavy atom. The van der Waals surface area contributed by atoms with E-state index in [9.17, 15) is 48.6 Å². The van der Waals surface area contributed by atoms with Crippen molar-refractivity contribution in [3.63, 3.8) is 0 Å². The van der Waals surface area contributed by atoms with Crippen molar-refractivity contribution in [1.82, 2.24) is 39.4 Å². The van der Waals surface area contributed by atoms with Crippen LogP contribution in [0.3, 0.4) is 0 Å². The Morgan fingerprint density at radius 1 is 1.08 bits per heavy atom. The minimum Gasteiger partial charge on any atom is -0.756 e. The number of nitrogens with two attached hydrogens (primary N) is 2. The summed E-state index contributed by atoms with van der Waals surface area (Å²) in [4.78, 5) is 93.8. The standard InChI is InChI=1S/C36H39N11O15P2S/c1-2-3-4-24(48)40-13-25-45-27(31(65-25)19-7-5-18(12-37)6-8-19)35(50)61-30-22(60-34(29(30)49)47-17-43-28-32(39)41-16-42-33(28)47)15-58-64(55,56)62-20-11-26(46-10-9-23(38)44-36(46)51)59-21(20)14-57-63(52,53)54/h2,5-10,16-17,20-22,26,29-30,34,49H,1,3-4,11,13-15H2,(H,40,48)(H,55,56)(H2,38,44,51)(H2,39,41,42)(H2,52,53,54)/p-2/t20?,21-,22-,26-,29+,30?,34-/m1/s1. The fourth-order valence-electron chi connectivity index (χ4n) is 6.74. The van der Waals surface area contributed by atoms with E-state index < -0.39 is 89.9 Å². The summed E-state index contributed by atoms with van der Waals surface area (Å²) in [5, 5.41) is 24.1. The molecule has 2 saturated heterocycles. The van der Waals surface area contributed by atoms with E-state index in [1.54, 1.807) is 18.2 Å². The lowest BCUT2D eigenvalue weighted by atomic mass is 10.1. The number of phosphoric ester groups is 2. The molecule has 2 aliphatic rings. The maximum absolute atomic E-state index is 14.2. The molecule has 29 heteroatoms. The van der Waals surface area contributed by atoms with E-state index in [4.69, 9.17) is 34.7 Å². The van der Waals surface area contributed by atoms with Gasteiger partial charge in [-0.15, -0.1) is 17.9 Å². The summed E-state index contributed by atoms with van der Waals surface area (Å²) >= 11 is 1.04. The number of carbonyl (C=O) groups excluding carboxylic acids is 2. The number of imidazole rings is 1. The normalized spacial score (nSPS) is 23.6. The molecule has 1 amide bonds. The van der Waals surface area contributed by atoms with Crippen LogP contribution in [0.4, 0.5) is 11.6 Å². The first-order valence-corrected chi connectivity index (χ1v) is 22.9. The fourth-order valence-corrected chi connectivity index (χ4v) is 9.01. The summed E-state index contributed by atoms with van der Waals surface area (Å²) in [5.41, 5.74) is 11.3. The summed E-state index contributed by atoms with van der Waals surface area (Å²) in [6.45, 7) is 1.59. The van der Waals surface area contributed by atoms with Gasteiger partial charge in [-0.3, -0.25) is 23.1 Å². The third-order valence-corrected chi connectivity index (χ3v) is 12.3. The number of fused-ring (bicyclic) bond motifs is 1. The quantitative estimate of drug-likeness (QED) is 0.0436. The Balaban J connectivity index is 1.15. The van der Waals surface area contributed by atoms with Gasteiger partial charge in [0.05, 0.1) is 48.7 Å². The van der Waals surface area contributed by atoms with Crippen molar-refractivity contribution < 1.29 is 66.3 Å². The van der Waals surface area contributed by atoms with Gasteiger partial charge in [0, 0.05) is 19.0 Å². The van der Waals surface area contributed by atoms with Gasteiger partial charge < -0.3 is 64.4 Å². The molecule has 4 unspecified atom stereocenters. The van der Waals surface area contributed by atoms with Gasteiger partial charge in [-0.25, -0.2) is 29.5 Å². The highest BCUT2D eigenvalue weighted by atomic mass is 32.1. The van der Waals surface area contributed by atoms with E-state index in [1.165, 1.54) is 35.3 Å². The lowest BCUT2D eigenvalue weighted by molar-refractivity contribution is -0.235. The molecule has 0 radical (unpaired) electrons. The maximum Gasteiger partial charge on any atom is 0.358 e. The summed E-state index contributed by atoms with van der Waals surface area (Å²) in [7, 11) is -10.9. The molecule has 65 heavy (non-hydrogen) atoms. The molecule has 344 valence electrons. The number of allylic oxidation sites excluding steroid dienone is 1. The van der Waals surface area contributed by atoms with Crippen LogP contribution in [0.1, 0.15) is 52.8 Å². The number of aliphatic hydroxyl groups is 1. The minimum absolute atomic E-state index is 0.0171. The third-order valence-electron chi connectivity index (χ3n) is 9.77. The number of rotatable bonds is 18. The number of thiazole rings is 1. The molecule has 0 bridgehead atoms. The van der Waals surface area contributed by atoms with Crippen LogP contribution in [0.5, 0.6) is 0 Å². The van der Waals surface area contributed by atoms with Crippen LogP contribution in [0.15, 0.2) is 66.6 Å². The first kappa shape index (κ1) is 47.1. The predicted molar refractivity (Wildman–Crippen MR) is 218 cm³/mol. The highest BCUT2D eigenvalue weighted by Gasteiger charge is 2.49. The first-order chi connectivity index (χ1) is 30.9. The van der Waals surface area contributed by atoms with Gasteiger partial charge >= 0.3 is 11.7 Å². The molecule has 0 spiro atoms. The average Bonchev–Trinajstić information content (AvgIpc) is 4.05. The fraction of sp³-hybridized carbons (Fsp3) is 0.361. The van der Waals surface area contributed by atoms with Crippen LogP contribution in [-0.4, -0.2) is 99.7 Å². The second kappa shape index (κ2) is 19.7. The van der Waals surface area contributed by atoms with E-state index in [1.807, 2.05) is 6.07 Å². The van der Waals surface area contributed by atoms with Gasteiger partial charge in [-0.1, -0.05) is 18.2 Å². The van der Waals surface area contributed by atoms with Crippen LogP contribution >= 0.6 is 27.0 Å². The van der Waals surface area contributed by atoms with Crippen LogP contribution in [0.25, 0.3) is 21.6 Å². The number of carbonyl (C=O) groups is 2. The number of aromatic nitrogens is 7. The van der Waals surface area contributed by atoms with Crippen LogP contribution in [0, 0.1) is 11.3 Å². The van der Waals surface area contributed by atoms with Crippen molar-refractivity contribution in [2.75, 3.05) is 24.7 Å². The molecule has 26 nitrogen and oxygen atoms in total. The number of esters is 1. The van der Waals surface area contributed by atoms with Gasteiger partial charge in [-0.05, 0) is 30.2 Å². The Hall–Kier alpha value is -5.85. The Morgan fingerprint density at radius 2 is 1.83 bits per heavy atom. The molecule has 5 aromatic rings. The number of nitrogens with one attached hydrogen (secondary N) is 1. The largest absolute Gasteiger partial charge is 0.756 e. The number of nitrogen functional groups attached to an aromatic ring is 2. The number of hydrogen-bond acceptors (Lipinski definition) is 23. The SMILES string of the molecule is C=CCCC(=O)NCc1nc(C(=O)OC2[C@@H](COP(=O)([O-])OC3C[C@H](n4ccc(N)nc4=O)O[C@@H]3COP(=O)([O-])O)O[C@@H](n3cnc4c(N)ncnc43)[C@H]2O)c(-c2ccc(C#N)cc2)s1. The van der Waals surface area contributed by atoms with Gasteiger partial charge in [-0.2, -0.15) is 10.2 Å². The molecule has 7 N–H and O–H groups in total. The molecule has 0 saturated carbocycles. The Kier molecular flexibility index (Phi) is 14.3. The smallest absolute Gasteiger partial charge is 0.358 e. The number of ether oxygens (including phenoxy) is 3. The molecule has 1 aromatic carbocycles. The molecule has 2 aliphatic heterocycles. The van der Waals surface area contributed by atoms with Gasteiger partial charge in [0.2, 0.25) is 5.91 Å². The number of nitrogens with zero attached hydrogens (tertiary/aromatic N) is 8. The number of amides is 1. The topological polar surface area (TPSA) is 389 Å². The molecule has 4 aromatic heterocycles. The zero-order valence-electron chi connectivity index (χ0n) is 33.4. The maximum atomic E-state index is 14.2. The van der Waals surface area contributed by atoms with E-state index >= 15 is 0 Å². The van der Waals surface area contributed by atoms with E-state index in [-0.39, 0.29) is 57.3 Å². The molecular formula is C36H37N11O15P2S-2. The van der Waals surface area contributed by atoms with E-state index in [0.717, 1.165) is 22.2 Å². The number of phosphoric acid groups is 2. The second-order valence-electron chi connectivity index (χ2n) is 14.1. The van der Waals surface area contributed by atoms with Crippen molar-refractivity contribution in [3.8, 4) is 16.5 Å². The van der Waals surface area contributed by atoms with Crippen LogP contribution in [0.2, 0.25) is 0 Å². The summed E-state index contributed by atoms with van der Waals surface area (Å²) < 4.78 is 59.7. The van der Waals surface area contributed by atoms with E-state index in [0.29, 0.717) is 17.5 Å². The number of hydrogen-bond donors (Lipinski definition) is 5. The summed E-state index contributed by atoms with van der Waals surface area (Å²) in [6.07, 6.45) is -5.72. The highest BCUT2D eigenvalue weighted by molar-refractivity contribution is 7.46. The lowest BCUT2D eigenvalue weighted by Gasteiger charge is -2.30. The Bertz CT molecular complexity index is 2780. The number of aliphatic hydroxyl groups excluding tert-OH is 1. The third kappa shape index (κ3) is 11.2. The molecule has 6 heterocycles. The van der Waals surface area contributed by atoms with Crippen molar-refractivity contribution in [3.05, 3.63) is 88.6 Å². The molecule has 9 atom stereocenters. The lowest BCUT2D eigenvalue weighted by Crippen LogP contribution is -2.39. The molecule has 2 fully saturated rings. The van der Waals surface area contributed by atoms with E-state index in [2.05, 4.69) is 41.3 Å². The molecule has 0 aliphatic carbocycles. The highest BCUT2D eigenvalue weighted by Crippen LogP contribution is 2.47. The number of anilines is 2. The van der Waals surface area contributed by atoms with Crippen molar-refractivity contribution in [1.29, 1.82) is 5.26 Å². The van der Waals surface area contributed by atoms with Gasteiger partial charge in [0.1, 0.15) is 47.2 Å². The first-order valence-electron chi connectivity index (χ1n) is 19.1. The zero-order valence-corrected chi connectivity index (χ0v) is 36.0. The minimum atomic E-state index is -5.52. The Labute approximate surface area is 370 Å². The molecule has 7 rings (SSSR count). The van der Waals surface area contributed by atoms with Gasteiger partial charge in [0.25, 0.3) is 15.6 Å². The zero-order chi connectivity index (χ0) is 46.6. The summed E-state index contributed by atoms with van der Waals surface area (Å²) in [6, 6.07) is 9.43. The van der Waals surface area contributed by atoms with Crippen LogP contribution in [-0.2, 0) is 48.3 Å².